The molecular weight excluding hydrogens is 432 g/mol. The average Bonchev–Trinajstić information content (AvgIpc) is 3.29. The first-order valence-electron chi connectivity index (χ1n) is 11.6. The Bertz CT molecular complexity index is 1170. The van der Waals surface area contributed by atoms with Crippen LogP contribution < -0.4 is 10.9 Å². The summed E-state index contributed by atoms with van der Waals surface area (Å²) >= 11 is 0. The third kappa shape index (κ3) is 5.91. The normalized spacial score (nSPS) is 15.1. The number of anilines is 1. The Hall–Kier alpha value is -3.44. The quantitative estimate of drug-likeness (QED) is 0.623. The van der Waals surface area contributed by atoms with Gasteiger partial charge in [0.25, 0.3) is 5.56 Å². The van der Waals surface area contributed by atoms with Crippen molar-refractivity contribution < 1.29 is 14.3 Å². The fourth-order valence-corrected chi connectivity index (χ4v) is 4.35. The molecule has 1 aromatic carbocycles. The molecule has 0 radical (unpaired) electrons. The molecule has 8 nitrogen and oxygen atoms in total. The zero-order valence-electron chi connectivity index (χ0n) is 20.3. The van der Waals surface area contributed by atoms with Gasteiger partial charge in [-0.15, -0.1) is 0 Å². The summed E-state index contributed by atoms with van der Waals surface area (Å²) in [7, 11) is 0. The van der Waals surface area contributed by atoms with Gasteiger partial charge in [0.15, 0.2) is 0 Å². The van der Waals surface area contributed by atoms with Crippen molar-refractivity contribution in [1.82, 2.24) is 9.88 Å². The molecule has 3 rings (SSSR count). The van der Waals surface area contributed by atoms with Gasteiger partial charge in [-0.25, -0.2) is 0 Å². The number of aryl methyl sites for hydroxylation is 2. The number of carbonyl (C=O) groups is 2. The highest BCUT2D eigenvalue weighted by Gasteiger charge is 2.25. The number of hydrogen-bond acceptors (Lipinski definition) is 5. The van der Waals surface area contributed by atoms with Crippen LogP contribution in [0.1, 0.15) is 52.8 Å². The van der Waals surface area contributed by atoms with Crippen LogP contribution in [-0.4, -0.2) is 47.5 Å². The molecule has 0 aliphatic carbocycles. The monoisotopic (exact) mass is 464 g/mol. The lowest BCUT2D eigenvalue weighted by Gasteiger charge is -2.25. The Labute approximate surface area is 199 Å². The molecule has 0 spiro atoms. The fraction of sp³-hybridized carbons (Fsp3) is 0.462. The number of nitrogens with one attached hydrogen (secondary N) is 2. The average molecular weight is 465 g/mol. The molecule has 1 aromatic heterocycles. The Morgan fingerprint density at radius 3 is 2.68 bits per heavy atom. The minimum atomic E-state index is -0.421. The van der Waals surface area contributed by atoms with E-state index in [1.165, 1.54) is 0 Å². The fourth-order valence-electron chi connectivity index (χ4n) is 4.35. The number of pyridine rings is 1. The van der Waals surface area contributed by atoms with Crippen molar-refractivity contribution in [2.24, 2.45) is 0 Å². The third-order valence-corrected chi connectivity index (χ3v) is 6.52. The summed E-state index contributed by atoms with van der Waals surface area (Å²) in [4.78, 5) is 42.3. The Morgan fingerprint density at radius 1 is 1.24 bits per heavy atom. The van der Waals surface area contributed by atoms with Crippen molar-refractivity contribution in [3.63, 3.8) is 0 Å². The molecule has 34 heavy (non-hydrogen) atoms. The summed E-state index contributed by atoms with van der Waals surface area (Å²) in [5.41, 5.74) is 4.47. The lowest BCUT2D eigenvalue weighted by Crippen LogP contribution is -2.42. The summed E-state index contributed by atoms with van der Waals surface area (Å²) in [6.45, 7) is 8.36. The molecule has 180 valence electrons. The van der Waals surface area contributed by atoms with Gasteiger partial charge in [0.05, 0.1) is 12.6 Å². The van der Waals surface area contributed by atoms with Crippen LogP contribution in [0.15, 0.2) is 23.0 Å². The molecule has 1 aliphatic heterocycles. The Balaban J connectivity index is 1.73. The molecule has 2 heterocycles. The van der Waals surface area contributed by atoms with Crippen LogP contribution in [-0.2, 0) is 20.7 Å². The van der Waals surface area contributed by atoms with Crippen LogP contribution in [0.3, 0.4) is 0 Å². The van der Waals surface area contributed by atoms with Crippen LogP contribution in [0.25, 0.3) is 0 Å². The SMILES string of the molecule is Cc1cccc(NC(=O)CN(CC2CCCO2)C(=O)CCc2c(C)[nH]c(=O)c(C#N)c2C)c1C. The van der Waals surface area contributed by atoms with Gasteiger partial charge in [0, 0.05) is 31.0 Å². The number of hydrogen-bond donors (Lipinski definition) is 2. The molecule has 8 heteroatoms. The predicted molar refractivity (Wildman–Crippen MR) is 130 cm³/mol. The number of rotatable bonds is 8. The van der Waals surface area contributed by atoms with E-state index in [1.807, 2.05) is 38.1 Å². The third-order valence-electron chi connectivity index (χ3n) is 6.52. The lowest BCUT2D eigenvalue weighted by molar-refractivity contribution is -0.136. The van der Waals surface area contributed by atoms with Gasteiger partial charge >= 0.3 is 0 Å². The summed E-state index contributed by atoms with van der Waals surface area (Å²) in [6.07, 6.45) is 2.23. The van der Waals surface area contributed by atoms with E-state index in [2.05, 4.69) is 10.3 Å². The molecule has 1 aliphatic rings. The first-order chi connectivity index (χ1) is 16.2. The molecule has 1 unspecified atom stereocenters. The van der Waals surface area contributed by atoms with Gasteiger partial charge < -0.3 is 19.9 Å². The van der Waals surface area contributed by atoms with E-state index < -0.39 is 5.56 Å². The number of nitrogens with zero attached hydrogens (tertiary/aromatic N) is 2. The standard InChI is InChI=1S/C26H32N4O4/c1-16-7-5-9-23(17(16)2)29-24(31)15-30(14-20-8-6-12-34-20)25(32)11-10-21-18(3)22(13-27)26(33)28-19(21)4/h5,7,9,20H,6,8,10-12,14-15H2,1-4H3,(H,28,33)(H,29,31). The largest absolute Gasteiger partial charge is 0.376 e. The lowest BCUT2D eigenvalue weighted by atomic mass is 9.99. The smallest absolute Gasteiger partial charge is 0.266 e. The van der Waals surface area contributed by atoms with E-state index in [1.54, 1.807) is 18.7 Å². The molecule has 1 fully saturated rings. The highest BCUT2D eigenvalue weighted by atomic mass is 16.5. The van der Waals surface area contributed by atoms with Gasteiger partial charge in [0.2, 0.25) is 11.8 Å². The second-order valence-corrected chi connectivity index (χ2v) is 8.87. The maximum Gasteiger partial charge on any atom is 0.266 e. The number of H-pyrrole nitrogens is 1. The van der Waals surface area contributed by atoms with Crippen molar-refractivity contribution in [1.29, 1.82) is 5.26 Å². The molecule has 0 saturated carbocycles. The number of aromatic nitrogens is 1. The highest BCUT2D eigenvalue weighted by Crippen LogP contribution is 2.20. The van der Waals surface area contributed by atoms with Crippen molar-refractivity contribution in [2.75, 3.05) is 25.0 Å². The highest BCUT2D eigenvalue weighted by molar-refractivity contribution is 5.95. The van der Waals surface area contributed by atoms with E-state index in [0.29, 0.717) is 30.8 Å². The number of carbonyl (C=O) groups excluding carboxylic acids is 2. The molecule has 1 saturated heterocycles. The Kier molecular flexibility index (Phi) is 8.24. The number of amides is 2. The van der Waals surface area contributed by atoms with Crippen LogP contribution in [0.4, 0.5) is 5.69 Å². The first kappa shape index (κ1) is 25.2. The van der Waals surface area contributed by atoms with Crippen molar-refractivity contribution in [2.45, 2.75) is 59.5 Å². The van der Waals surface area contributed by atoms with E-state index >= 15 is 0 Å². The zero-order chi connectivity index (χ0) is 24.8. The molecular formula is C26H32N4O4. The molecule has 1 atom stereocenters. The predicted octanol–water partition coefficient (Wildman–Crippen LogP) is 3.06. The van der Waals surface area contributed by atoms with Crippen LogP contribution in [0.5, 0.6) is 0 Å². The molecule has 0 bridgehead atoms. The van der Waals surface area contributed by atoms with Gasteiger partial charge in [0.1, 0.15) is 11.6 Å². The van der Waals surface area contributed by atoms with Gasteiger partial charge in [-0.1, -0.05) is 12.1 Å². The summed E-state index contributed by atoms with van der Waals surface area (Å²) in [5, 5.41) is 12.2. The maximum absolute atomic E-state index is 13.2. The second-order valence-electron chi connectivity index (χ2n) is 8.87. The van der Waals surface area contributed by atoms with E-state index in [4.69, 9.17) is 4.74 Å². The van der Waals surface area contributed by atoms with Crippen LogP contribution >= 0.6 is 0 Å². The Morgan fingerprint density at radius 2 is 2.00 bits per heavy atom. The molecule has 2 amide bonds. The minimum Gasteiger partial charge on any atom is -0.376 e. The topological polar surface area (TPSA) is 115 Å². The summed E-state index contributed by atoms with van der Waals surface area (Å²) in [5.74, 6) is -0.432. The second kappa shape index (κ2) is 11.1. The van der Waals surface area contributed by atoms with Crippen molar-refractivity contribution in [3.05, 3.63) is 62.1 Å². The van der Waals surface area contributed by atoms with Gasteiger partial charge in [-0.05, 0) is 75.3 Å². The van der Waals surface area contributed by atoms with E-state index in [-0.39, 0.29) is 36.4 Å². The van der Waals surface area contributed by atoms with Crippen LogP contribution in [0.2, 0.25) is 0 Å². The summed E-state index contributed by atoms with van der Waals surface area (Å²) in [6, 6.07) is 7.66. The number of ether oxygens (including phenoxy) is 1. The van der Waals surface area contributed by atoms with Crippen molar-refractivity contribution in [3.8, 4) is 6.07 Å². The number of benzene rings is 1. The van der Waals surface area contributed by atoms with Gasteiger partial charge in [-0.2, -0.15) is 5.26 Å². The maximum atomic E-state index is 13.2. The van der Waals surface area contributed by atoms with E-state index in [0.717, 1.165) is 35.2 Å². The summed E-state index contributed by atoms with van der Waals surface area (Å²) < 4.78 is 5.71. The zero-order valence-corrected chi connectivity index (χ0v) is 20.3. The van der Waals surface area contributed by atoms with Crippen LogP contribution in [0, 0.1) is 39.0 Å². The number of aromatic amines is 1. The minimum absolute atomic E-state index is 0.0668. The molecule has 2 aromatic rings. The first-order valence-corrected chi connectivity index (χ1v) is 11.6. The molecule has 2 N–H and O–H groups in total. The van der Waals surface area contributed by atoms with Crippen molar-refractivity contribution >= 4 is 17.5 Å². The van der Waals surface area contributed by atoms with Gasteiger partial charge in [-0.3, -0.25) is 14.4 Å². The van der Waals surface area contributed by atoms with E-state index in [9.17, 15) is 19.6 Å². The number of nitriles is 1.